The highest BCUT2D eigenvalue weighted by molar-refractivity contribution is 9.10. The standard InChI is InChI=1S/C25H31BrClN3O4S/c1-17-13-21(27)11-12-23(17)30(35(3,33)34)16-24(31)29(15-19-7-6-8-20(26)14-19)18(2)25(32)28-22-9-4-5-10-22/h6-8,11-14,18,22H,4-5,9-10,15-16H2,1-3H3,(H,28,32). The number of carbonyl (C=O) groups excluding carboxylic acids is 2. The first-order valence-electron chi connectivity index (χ1n) is 11.5. The maximum Gasteiger partial charge on any atom is 0.244 e. The van der Waals surface area contributed by atoms with Gasteiger partial charge >= 0.3 is 0 Å². The minimum atomic E-state index is -3.79. The maximum atomic E-state index is 13.6. The van der Waals surface area contributed by atoms with E-state index in [1.807, 2.05) is 24.3 Å². The number of hydrogen-bond acceptors (Lipinski definition) is 4. The first-order valence-corrected chi connectivity index (χ1v) is 14.6. The topological polar surface area (TPSA) is 86.8 Å². The highest BCUT2D eigenvalue weighted by Gasteiger charge is 2.31. The van der Waals surface area contributed by atoms with E-state index < -0.39 is 28.5 Å². The minimum Gasteiger partial charge on any atom is -0.352 e. The Labute approximate surface area is 221 Å². The summed E-state index contributed by atoms with van der Waals surface area (Å²) in [4.78, 5) is 28.2. The molecule has 1 fully saturated rings. The lowest BCUT2D eigenvalue weighted by molar-refractivity contribution is -0.139. The molecule has 35 heavy (non-hydrogen) atoms. The SMILES string of the molecule is Cc1cc(Cl)ccc1N(CC(=O)N(Cc1cccc(Br)c1)C(C)C(=O)NC1CCCC1)S(C)(=O)=O. The van der Waals surface area contributed by atoms with E-state index in [2.05, 4.69) is 21.2 Å². The number of halogens is 2. The molecule has 0 aliphatic heterocycles. The van der Waals surface area contributed by atoms with Gasteiger partial charge in [0.2, 0.25) is 21.8 Å². The van der Waals surface area contributed by atoms with Crippen LogP contribution in [0.3, 0.4) is 0 Å². The van der Waals surface area contributed by atoms with Gasteiger partial charge in [0, 0.05) is 22.1 Å². The predicted molar refractivity (Wildman–Crippen MR) is 143 cm³/mol. The third-order valence-corrected chi connectivity index (χ3v) is 8.07. The van der Waals surface area contributed by atoms with Crippen LogP contribution >= 0.6 is 27.5 Å². The van der Waals surface area contributed by atoms with E-state index in [0.29, 0.717) is 16.3 Å². The molecule has 0 heterocycles. The lowest BCUT2D eigenvalue weighted by atomic mass is 10.1. The number of nitrogens with zero attached hydrogens (tertiary/aromatic N) is 2. The Morgan fingerprint density at radius 2 is 1.86 bits per heavy atom. The Morgan fingerprint density at radius 3 is 2.46 bits per heavy atom. The minimum absolute atomic E-state index is 0.108. The Bertz CT molecular complexity index is 1180. The second-order valence-corrected chi connectivity index (χ2v) is 12.3. The quantitative estimate of drug-likeness (QED) is 0.465. The van der Waals surface area contributed by atoms with E-state index in [0.717, 1.165) is 46.3 Å². The van der Waals surface area contributed by atoms with Gasteiger partial charge < -0.3 is 10.2 Å². The Hall–Kier alpha value is -2.10. The summed E-state index contributed by atoms with van der Waals surface area (Å²) in [6.07, 6.45) is 5.06. The molecule has 0 spiro atoms. The molecule has 1 N–H and O–H groups in total. The van der Waals surface area contributed by atoms with Crippen LogP contribution in [0.25, 0.3) is 0 Å². The van der Waals surface area contributed by atoms with E-state index in [4.69, 9.17) is 11.6 Å². The second-order valence-electron chi connectivity index (χ2n) is 9.02. The van der Waals surface area contributed by atoms with Crippen molar-refractivity contribution in [2.45, 2.75) is 58.2 Å². The molecule has 0 radical (unpaired) electrons. The van der Waals surface area contributed by atoms with Crippen LogP contribution in [0.1, 0.15) is 43.7 Å². The van der Waals surface area contributed by atoms with Crippen LogP contribution in [0, 0.1) is 6.92 Å². The van der Waals surface area contributed by atoms with Gasteiger partial charge in [0.15, 0.2) is 0 Å². The fourth-order valence-electron chi connectivity index (χ4n) is 4.30. The molecule has 1 unspecified atom stereocenters. The summed E-state index contributed by atoms with van der Waals surface area (Å²) >= 11 is 9.49. The summed E-state index contributed by atoms with van der Waals surface area (Å²) in [6.45, 7) is 3.14. The van der Waals surface area contributed by atoms with Crippen molar-refractivity contribution in [3.05, 3.63) is 63.1 Å². The molecule has 2 amide bonds. The third-order valence-electron chi connectivity index (χ3n) is 6.22. The van der Waals surface area contributed by atoms with E-state index in [1.165, 1.54) is 4.90 Å². The van der Waals surface area contributed by atoms with Gasteiger partial charge in [-0.25, -0.2) is 8.42 Å². The lowest BCUT2D eigenvalue weighted by Gasteiger charge is -2.32. The molecule has 1 atom stereocenters. The fourth-order valence-corrected chi connectivity index (χ4v) is 5.88. The molecule has 1 aliphatic rings. The first kappa shape index (κ1) is 27.5. The van der Waals surface area contributed by atoms with Crippen LogP contribution in [0.2, 0.25) is 5.02 Å². The molecule has 0 bridgehead atoms. The first-order chi connectivity index (χ1) is 16.5. The zero-order chi connectivity index (χ0) is 25.8. The highest BCUT2D eigenvalue weighted by Crippen LogP contribution is 2.26. The summed E-state index contributed by atoms with van der Waals surface area (Å²) in [5.74, 6) is -0.715. The van der Waals surface area contributed by atoms with Crippen molar-refractivity contribution in [1.82, 2.24) is 10.2 Å². The molecule has 190 valence electrons. The monoisotopic (exact) mass is 583 g/mol. The van der Waals surface area contributed by atoms with Gasteiger partial charge in [0.05, 0.1) is 11.9 Å². The molecular formula is C25H31BrClN3O4S. The lowest BCUT2D eigenvalue weighted by Crippen LogP contribution is -2.52. The maximum absolute atomic E-state index is 13.6. The largest absolute Gasteiger partial charge is 0.352 e. The van der Waals surface area contributed by atoms with Crippen LogP contribution in [0.5, 0.6) is 0 Å². The molecule has 7 nitrogen and oxygen atoms in total. The molecule has 3 rings (SSSR count). The zero-order valence-corrected chi connectivity index (χ0v) is 23.3. The molecule has 10 heteroatoms. The molecule has 0 saturated heterocycles. The van der Waals surface area contributed by atoms with Gasteiger partial charge in [-0.05, 0) is 68.1 Å². The van der Waals surface area contributed by atoms with Crippen molar-refractivity contribution in [2.24, 2.45) is 0 Å². The van der Waals surface area contributed by atoms with Crippen molar-refractivity contribution < 1.29 is 18.0 Å². The van der Waals surface area contributed by atoms with E-state index in [1.54, 1.807) is 32.0 Å². The zero-order valence-electron chi connectivity index (χ0n) is 20.1. The molecule has 2 aromatic rings. The third kappa shape index (κ3) is 7.44. The Kier molecular flexibility index (Phi) is 9.23. The number of carbonyl (C=O) groups is 2. The van der Waals surface area contributed by atoms with Crippen molar-refractivity contribution in [1.29, 1.82) is 0 Å². The van der Waals surface area contributed by atoms with E-state index in [-0.39, 0.29) is 18.5 Å². The average Bonchev–Trinajstić information content (AvgIpc) is 3.28. The molecule has 0 aromatic heterocycles. The summed E-state index contributed by atoms with van der Waals surface area (Å²) in [5.41, 5.74) is 1.82. The van der Waals surface area contributed by atoms with Crippen LogP contribution in [-0.2, 0) is 26.2 Å². The van der Waals surface area contributed by atoms with Crippen molar-refractivity contribution in [2.75, 3.05) is 17.1 Å². The van der Waals surface area contributed by atoms with Crippen molar-refractivity contribution in [3.63, 3.8) is 0 Å². The molecule has 1 aliphatic carbocycles. The van der Waals surface area contributed by atoms with Gasteiger partial charge in [-0.1, -0.05) is 52.5 Å². The van der Waals surface area contributed by atoms with Crippen LogP contribution in [0.15, 0.2) is 46.9 Å². The number of rotatable bonds is 9. The average molecular weight is 585 g/mol. The number of nitrogens with one attached hydrogen (secondary N) is 1. The van der Waals surface area contributed by atoms with Gasteiger partial charge in [0.25, 0.3) is 0 Å². The van der Waals surface area contributed by atoms with Crippen LogP contribution in [-0.4, -0.2) is 50.0 Å². The second kappa shape index (κ2) is 11.8. The summed E-state index contributed by atoms with van der Waals surface area (Å²) in [5, 5.41) is 3.52. The summed E-state index contributed by atoms with van der Waals surface area (Å²) in [7, 11) is -3.79. The summed E-state index contributed by atoms with van der Waals surface area (Å²) < 4.78 is 27.3. The van der Waals surface area contributed by atoms with E-state index in [9.17, 15) is 18.0 Å². The number of aryl methyl sites for hydroxylation is 1. The van der Waals surface area contributed by atoms with Crippen LogP contribution < -0.4 is 9.62 Å². The van der Waals surface area contributed by atoms with Gasteiger partial charge in [-0.15, -0.1) is 0 Å². The van der Waals surface area contributed by atoms with Crippen molar-refractivity contribution in [3.8, 4) is 0 Å². The predicted octanol–water partition coefficient (Wildman–Crippen LogP) is 4.65. The van der Waals surface area contributed by atoms with Gasteiger partial charge in [-0.2, -0.15) is 0 Å². The van der Waals surface area contributed by atoms with Crippen LogP contribution in [0.4, 0.5) is 5.69 Å². The number of amides is 2. The summed E-state index contributed by atoms with van der Waals surface area (Å²) in [6, 6.07) is 11.6. The number of benzene rings is 2. The van der Waals surface area contributed by atoms with Crippen molar-refractivity contribution >= 4 is 55.1 Å². The fraction of sp³-hybridized carbons (Fsp3) is 0.440. The normalized spacial score (nSPS) is 15.0. The number of hydrogen-bond donors (Lipinski definition) is 1. The van der Waals surface area contributed by atoms with Gasteiger partial charge in [-0.3, -0.25) is 13.9 Å². The highest BCUT2D eigenvalue weighted by atomic mass is 79.9. The van der Waals surface area contributed by atoms with Gasteiger partial charge in [0.1, 0.15) is 12.6 Å². The smallest absolute Gasteiger partial charge is 0.244 e. The Morgan fingerprint density at radius 1 is 1.17 bits per heavy atom. The number of anilines is 1. The molecule has 1 saturated carbocycles. The van der Waals surface area contributed by atoms with E-state index >= 15 is 0 Å². The Balaban J connectivity index is 1.90. The molecular weight excluding hydrogens is 554 g/mol. The molecule has 2 aromatic carbocycles. The number of sulfonamides is 1.